The number of aliphatic hydroxyl groups excluding tert-OH is 2. The first-order valence-electron chi connectivity index (χ1n) is 6.97. The van der Waals surface area contributed by atoms with Gasteiger partial charge >= 0.3 is 0 Å². The molecule has 114 valence electrons. The van der Waals surface area contributed by atoms with E-state index in [1.54, 1.807) is 19.2 Å². The minimum Gasteiger partial charge on any atom is -0.389 e. The van der Waals surface area contributed by atoms with Gasteiger partial charge in [-0.25, -0.2) is 0 Å². The lowest BCUT2D eigenvalue weighted by molar-refractivity contribution is -0.140. The fourth-order valence-electron chi connectivity index (χ4n) is 1.94. The van der Waals surface area contributed by atoms with Crippen molar-refractivity contribution in [2.24, 2.45) is 0 Å². The zero-order valence-corrected chi connectivity index (χ0v) is 12.4. The molecule has 2 unspecified atom stereocenters. The highest BCUT2D eigenvalue weighted by Crippen LogP contribution is 2.23. The Morgan fingerprint density at radius 2 is 1.50 bits per heavy atom. The first-order chi connectivity index (χ1) is 9.63. The Labute approximate surface area is 120 Å². The van der Waals surface area contributed by atoms with Crippen molar-refractivity contribution in [2.45, 2.75) is 32.3 Å². The van der Waals surface area contributed by atoms with Gasteiger partial charge in [-0.2, -0.15) is 0 Å². The van der Waals surface area contributed by atoms with Crippen molar-refractivity contribution in [1.82, 2.24) is 5.32 Å². The lowest BCUT2D eigenvalue weighted by atomic mass is 10.0. The maximum absolute atomic E-state index is 10.0. The Kier molecular flexibility index (Phi) is 7.72. The SMILES string of the molecule is CCOC(OCC)c1ccc(C(O)C(O)CNC)cc1. The van der Waals surface area contributed by atoms with Crippen LogP contribution in [0.4, 0.5) is 0 Å². The number of aliphatic hydroxyl groups is 2. The number of benzene rings is 1. The van der Waals surface area contributed by atoms with Crippen molar-refractivity contribution in [3.8, 4) is 0 Å². The van der Waals surface area contributed by atoms with Gasteiger partial charge < -0.3 is 25.0 Å². The summed E-state index contributed by atoms with van der Waals surface area (Å²) < 4.78 is 11.0. The zero-order chi connectivity index (χ0) is 15.0. The quantitative estimate of drug-likeness (QED) is 0.597. The molecule has 1 aromatic carbocycles. The normalized spacial score (nSPS) is 14.5. The van der Waals surface area contributed by atoms with E-state index in [0.29, 0.717) is 25.3 Å². The van der Waals surface area contributed by atoms with Crippen LogP contribution in [0.2, 0.25) is 0 Å². The van der Waals surface area contributed by atoms with Crippen LogP contribution in [0.3, 0.4) is 0 Å². The standard InChI is InChI=1S/C15H25NO4/c1-4-19-15(20-5-2)12-8-6-11(7-9-12)14(18)13(17)10-16-3/h6-9,13-18H,4-5,10H2,1-3H3. The van der Waals surface area contributed by atoms with E-state index in [-0.39, 0.29) is 0 Å². The van der Waals surface area contributed by atoms with E-state index >= 15 is 0 Å². The maximum atomic E-state index is 10.0. The largest absolute Gasteiger partial charge is 0.389 e. The molecule has 0 aromatic heterocycles. The second-order valence-corrected chi connectivity index (χ2v) is 4.48. The predicted octanol–water partition coefficient (Wildman–Crippen LogP) is 1.37. The highest BCUT2D eigenvalue weighted by Gasteiger charge is 2.18. The highest BCUT2D eigenvalue weighted by molar-refractivity contribution is 5.25. The van der Waals surface area contributed by atoms with Crippen molar-refractivity contribution in [1.29, 1.82) is 0 Å². The molecule has 0 bridgehead atoms. The molecule has 0 aliphatic carbocycles. The average Bonchev–Trinajstić information content (AvgIpc) is 2.47. The molecule has 0 saturated carbocycles. The monoisotopic (exact) mass is 283 g/mol. The summed E-state index contributed by atoms with van der Waals surface area (Å²) in [7, 11) is 1.73. The van der Waals surface area contributed by atoms with Crippen LogP contribution < -0.4 is 5.32 Å². The molecule has 3 N–H and O–H groups in total. The van der Waals surface area contributed by atoms with Crippen molar-refractivity contribution in [3.63, 3.8) is 0 Å². The van der Waals surface area contributed by atoms with Crippen LogP contribution in [0.1, 0.15) is 37.4 Å². The number of likely N-dealkylation sites (N-methyl/N-ethyl adjacent to an activating group) is 1. The van der Waals surface area contributed by atoms with Crippen LogP contribution in [-0.2, 0) is 9.47 Å². The number of hydrogen-bond acceptors (Lipinski definition) is 5. The number of ether oxygens (including phenoxy) is 2. The molecule has 1 rings (SSSR count). The van der Waals surface area contributed by atoms with Gasteiger partial charge in [-0.15, -0.1) is 0 Å². The van der Waals surface area contributed by atoms with Gasteiger partial charge in [0.15, 0.2) is 6.29 Å². The van der Waals surface area contributed by atoms with E-state index < -0.39 is 18.5 Å². The van der Waals surface area contributed by atoms with Gasteiger partial charge in [0.1, 0.15) is 6.10 Å². The Balaban J connectivity index is 2.76. The number of hydrogen-bond donors (Lipinski definition) is 3. The van der Waals surface area contributed by atoms with Crippen molar-refractivity contribution in [3.05, 3.63) is 35.4 Å². The molecule has 20 heavy (non-hydrogen) atoms. The fourth-order valence-corrected chi connectivity index (χ4v) is 1.94. The van der Waals surface area contributed by atoms with Gasteiger partial charge in [0.2, 0.25) is 0 Å². The van der Waals surface area contributed by atoms with Gasteiger partial charge in [-0.3, -0.25) is 0 Å². The van der Waals surface area contributed by atoms with Crippen molar-refractivity contribution >= 4 is 0 Å². The lowest BCUT2D eigenvalue weighted by Gasteiger charge is -2.20. The average molecular weight is 283 g/mol. The Hall–Kier alpha value is -0.980. The molecule has 0 spiro atoms. The topological polar surface area (TPSA) is 71.0 Å². The minimum absolute atomic E-state index is 0.337. The molecule has 1 aromatic rings. The third kappa shape index (κ3) is 4.85. The fraction of sp³-hybridized carbons (Fsp3) is 0.600. The molecule has 5 heteroatoms. The first-order valence-corrected chi connectivity index (χ1v) is 6.97. The molecule has 0 saturated heterocycles. The van der Waals surface area contributed by atoms with Crippen LogP contribution in [0.5, 0.6) is 0 Å². The zero-order valence-electron chi connectivity index (χ0n) is 12.4. The lowest BCUT2D eigenvalue weighted by Crippen LogP contribution is -2.29. The molecular weight excluding hydrogens is 258 g/mol. The summed E-state index contributed by atoms with van der Waals surface area (Å²) in [5.74, 6) is 0. The summed E-state index contributed by atoms with van der Waals surface area (Å²) in [6.07, 6.45) is -2.13. The van der Waals surface area contributed by atoms with E-state index in [4.69, 9.17) is 9.47 Å². The van der Waals surface area contributed by atoms with Gasteiger partial charge in [-0.05, 0) is 26.5 Å². The van der Waals surface area contributed by atoms with E-state index in [2.05, 4.69) is 5.32 Å². The second kappa shape index (κ2) is 9.05. The van der Waals surface area contributed by atoms with Gasteiger partial charge in [0.05, 0.1) is 6.10 Å². The summed E-state index contributed by atoms with van der Waals surface area (Å²) in [5, 5.41) is 22.6. The molecule has 0 amide bonds. The van der Waals surface area contributed by atoms with Crippen LogP contribution in [0, 0.1) is 0 Å². The third-order valence-electron chi connectivity index (χ3n) is 2.96. The molecule has 0 radical (unpaired) electrons. The van der Waals surface area contributed by atoms with Crippen LogP contribution in [0.15, 0.2) is 24.3 Å². The molecule has 0 aliphatic heterocycles. The van der Waals surface area contributed by atoms with Crippen LogP contribution in [0.25, 0.3) is 0 Å². The molecule has 2 atom stereocenters. The smallest absolute Gasteiger partial charge is 0.183 e. The molecular formula is C15H25NO4. The summed E-state index contributed by atoms with van der Waals surface area (Å²) in [5.41, 5.74) is 1.57. The van der Waals surface area contributed by atoms with E-state index in [9.17, 15) is 10.2 Å². The first kappa shape index (κ1) is 17.1. The van der Waals surface area contributed by atoms with Crippen molar-refractivity contribution in [2.75, 3.05) is 26.8 Å². The number of nitrogens with one attached hydrogen (secondary N) is 1. The summed E-state index contributed by atoms with van der Waals surface area (Å²) in [6, 6.07) is 7.26. The summed E-state index contributed by atoms with van der Waals surface area (Å²) in [4.78, 5) is 0. The van der Waals surface area contributed by atoms with E-state index in [0.717, 1.165) is 5.56 Å². The Bertz CT molecular complexity index is 363. The van der Waals surface area contributed by atoms with E-state index in [1.165, 1.54) is 0 Å². The summed E-state index contributed by atoms with van der Waals surface area (Å²) >= 11 is 0. The van der Waals surface area contributed by atoms with Gasteiger partial charge in [0.25, 0.3) is 0 Å². The van der Waals surface area contributed by atoms with E-state index in [1.807, 2.05) is 26.0 Å². The number of rotatable bonds is 9. The molecule has 0 fully saturated rings. The minimum atomic E-state index is -0.908. The van der Waals surface area contributed by atoms with Gasteiger partial charge in [0, 0.05) is 25.3 Å². The highest BCUT2D eigenvalue weighted by atomic mass is 16.7. The third-order valence-corrected chi connectivity index (χ3v) is 2.96. The molecule has 0 aliphatic rings. The summed E-state index contributed by atoms with van der Waals surface area (Å²) in [6.45, 7) is 5.30. The Morgan fingerprint density at radius 1 is 1.00 bits per heavy atom. The Morgan fingerprint density at radius 3 is 1.95 bits per heavy atom. The van der Waals surface area contributed by atoms with Crippen LogP contribution >= 0.6 is 0 Å². The molecule has 0 heterocycles. The predicted molar refractivity (Wildman–Crippen MR) is 77.3 cm³/mol. The maximum Gasteiger partial charge on any atom is 0.183 e. The van der Waals surface area contributed by atoms with Crippen LogP contribution in [-0.4, -0.2) is 43.1 Å². The second-order valence-electron chi connectivity index (χ2n) is 4.48. The van der Waals surface area contributed by atoms with Crippen molar-refractivity contribution < 1.29 is 19.7 Å². The molecule has 5 nitrogen and oxygen atoms in total. The van der Waals surface area contributed by atoms with Gasteiger partial charge in [-0.1, -0.05) is 24.3 Å².